The van der Waals surface area contributed by atoms with Crippen LogP contribution in [0.5, 0.6) is 0 Å². The fourth-order valence-electron chi connectivity index (χ4n) is 3.91. The molecular weight excluding hydrogens is 472 g/mol. The van der Waals surface area contributed by atoms with E-state index >= 15 is 0 Å². The van der Waals surface area contributed by atoms with E-state index in [9.17, 15) is 4.79 Å². The first-order valence-electron chi connectivity index (χ1n) is 11.4. The number of benzene rings is 2. The summed E-state index contributed by atoms with van der Waals surface area (Å²) in [6, 6.07) is 20.6. The number of amides is 1. The number of para-hydroxylation sites is 1. The topological polar surface area (TPSA) is 77.6 Å². The molecule has 7 nitrogen and oxygen atoms in total. The minimum atomic E-state index is -0.441. The molecule has 3 aromatic heterocycles. The van der Waals surface area contributed by atoms with E-state index in [4.69, 9.17) is 16.7 Å². The molecule has 0 aliphatic carbocycles. The Morgan fingerprint density at radius 3 is 2.53 bits per heavy atom. The number of pyridine rings is 1. The SMILES string of the molecule is Cn1ccnc1C(NC(=O)/C=C/c1cn(-c2ccccc2)nc1-c1cccnc1)c1ccc(Cl)cc1. The van der Waals surface area contributed by atoms with E-state index in [1.165, 1.54) is 6.08 Å². The first-order valence-corrected chi connectivity index (χ1v) is 11.7. The van der Waals surface area contributed by atoms with Crippen molar-refractivity contribution in [3.8, 4) is 16.9 Å². The molecule has 8 heteroatoms. The van der Waals surface area contributed by atoms with Crippen LogP contribution in [0, 0.1) is 0 Å². The summed E-state index contributed by atoms with van der Waals surface area (Å²) in [6.45, 7) is 0. The van der Waals surface area contributed by atoms with Gasteiger partial charge in [-0.05, 0) is 48.0 Å². The number of hydrogen-bond donors (Lipinski definition) is 1. The highest BCUT2D eigenvalue weighted by molar-refractivity contribution is 6.30. The predicted octanol–water partition coefficient (Wildman–Crippen LogP) is 5.24. The van der Waals surface area contributed by atoms with E-state index in [1.54, 1.807) is 41.5 Å². The maximum Gasteiger partial charge on any atom is 0.244 e. The van der Waals surface area contributed by atoms with Gasteiger partial charge in [-0.15, -0.1) is 0 Å². The highest BCUT2D eigenvalue weighted by Crippen LogP contribution is 2.25. The number of aryl methyl sites for hydroxylation is 1. The number of rotatable bonds is 7. The Balaban J connectivity index is 1.45. The van der Waals surface area contributed by atoms with Gasteiger partial charge < -0.3 is 9.88 Å². The standard InChI is InChI=1S/C28H23ClN6O/c1-34-17-16-31-28(34)27(20-9-12-23(29)13-10-20)32-25(36)14-11-22-19-35(24-7-3-2-4-8-24)33-26(22)21-6-5-15-30-18-21/h2-19,27H,1H3,(H,32,36)/b14-11+. The van der Waals surface area contributed by atoms with Gasteiger partial charge in [-0.1, -0.05) is 41.9 Å². The van der Waals surface area contributed by atoms with Crippen LogP contribution < -0.4 is 5.32 Å². The number of carbonyl (C=O) groups excluding carboxylic acids is 1. The summed E-state index contributed by atoms with van der Waals surface area (Å²) < 4.78 is 3.68. The van der Waals surface area contributed by atoms with Gasteiger partial charge in [-0.3, -0.25) is 9.78 Å². The molecule has 0 spiro atoms. The molecule has 178 valence electrons. The zero-order valence-electron chi connectivity index (χ0n) is 19.5. The quantitative estimate of drug-likeness (QED) is 0.314. The Kier molecular flexibility index (Phi) is 6.73. The number of carbonyl (C=O) groups is 1. The summed E-state index contributed by atoms with van der Waals surface area (Å²) in [7, 11) is 1.89. The zero-order valence-corrected chi connectivity index (χ0v) is 20.2. The average molecular weight is 495 g/mol. The Morgan fingerprint density at radius 2 is 1.83 bits per heavy atom. The lowest BCUT2D eigenvalue weighted by Gasteiger charge is -2.18. The number of nitrogens with one attached hydrogen (secondary N) is 1. The summed E-state index contributed by atoms with van der Waals surface area (Å²) in [5.41, 5.74) is 4.18. The maximum absolute atomic E-state index is 13.1. The molecule has 0 fully saturated rings. The van der Waals surface area contributed by atoms with Gasteiger partial charge in [-0.2, -0.15) is 5.10 Å². The van der Waals surface area contributed by atoms with Gasteiger partial charge in [0.1, 0.15) is 17.6 Å². The monoisotopic (exact) mass is 494 g/mol. The second-order valence-electron chi connectivity index (χ2n) is 8.18. The summed E-state index contributed by atoms with van der Waals surface area (Å²) in [5, 5.41) is 8.46. The van der Waals surface area contributed by atoms with Crippen LogP contribution in [-0.2, 0) is 11.8 Å². The molecule has 2 aromatic carbocycles. The van der Waals surface area contributed by atoms with Crippen molar-refractivity contribution in [1.29, 1.82) is 0 Å². The normalized spacial score (nSPS) is 12.1. The van der Waals surface area contributed by atoms with Crippen molar-refractivity contribution in [1.82, 2.24) is 29.6 Å². The van der Waals surface area contributed by atoms with Crippen LogP contribution in [0.1, 0.15) is 23.0 Å². The fourth-order valence-corrected chi connectivity index (χ4v) is 4.04. The molecular formula is C28H23ClN6O. The Morgan fingerprint density at radius 1 is 1.03 bits per heavy atom. The first-order chi connectivity index (χ1) is 17.6. The van der Waals surface area contributed by atoms with Gasteiger partial charge in [0.25, 0.3) is 0 Å². The zero-order chi connectivity index (χ0) is 24.9. The van der Waals surface area contributed by atoms with Gasteiger partial charge in [0.15, 0.2) is 0 Å². The van der Waals surface area contributed by atoms with Crippen LogP contribution in [-0.4, -0.2) is 30.2 Å². The van der Waals surface area contributed by atoms with E-state index in [0.717, 1.165) is 28.1 Å². The van der Waals surface area contributed by atoms with Crippen molar-refractivity contribution < 1.29 is 4.79 Å². The van der Waals surface area contributed by atoms with Crippen molar-refractivity contribution in [2.24, 2.45) is 7.05 Å². The summed E-state index contributed by atoms with van der Waals surface area (Å²) in [6.07, 6.45) is 12.2. The van der Waals surface area contributed by atoms with E-state index in [1.807, 2.05) is 78.6 Å². The third-order valence-electron chi connectivity index (χ3n) is 5.72. The lowest BCUT2D eigenvalue weighted by Crippen LogP contribution is -2.29. The molecule has 3 heterocycles. The minimum Gasteiger partial charge on any atom is -0.339 e. The molecule has 1 amide bonds. The van der Waals surface area contributed by atoms with E-state index in [2.05, 4.69) is 15.3 Å². The van der Waals surface area contributed by atoms with Crippen molar-refractivity contribution in [2.75, 3.05) is 0 Å². The van der Waals surface area contributed by atoms with E-state index < -0.39 is 6.04 Å². The molecule has 0 saturated heterocycles. The molecule has 5 aromatic rings. The van der Waals surface area contributed by atoms with Crippen LogP contribution in [0.15, 0.2) is 104 Å². The molecule has 5 rings (SSSR count). The summed E-state index contributed by atoms with van der Waals surface area (Å²) in [4.78, 5) is 21.8. The number of nitrogens with zero attached hydrogens (tertiary/aromatic N) is 5. The van der Waals surface area contributed by atoms with Crippen LogP contribution in [0.3, 0.4) is 0 Å². The van der Waals surface area contributed by atoms with Crippen LogP contribution >= 0.6 is 11.6 Å². The highest BCUT2D eigenvalue weighted by Gasteiger charge is 2.20. The van der Waals surface area contributed by atoms with Crippen molar-refractivity contribution in [2.45, 2.75) is 6.04 Å². The number of aromatic nitrogens is 5. The number of hydrogen-bond acceptors (Lipinski definition) is 4. The molecule has 0 aliphatic rings. The number of halogens is 1. The van der Waals surface area contributed by atoms with Crippen LogP contribution in [0.2, 0.25) is 5.02 Å². The van der Waals surface area contributed by atoms with E-state index in [-0.39, 0.29) is 5.91 Å². The Bertz CT molecular complexity index is 1490. The van der Waals surface area contributed by atoms with Crippen molar-refractivity contribution in [3.05, 3.63) is 126 Å². The Labute approximate surface area is 213 Å². The maximum atomic E-state index is 13.1. The van der Waals surface area contributed by atoms with E-state index in [0.29, 0.717) is 10.8 Å². The second-order valence-corrected chi connectivity index (χ2v) is 8.61. The van der Waals surface area contributed by atoms with Crippen LogP contribution in [0.4, 0.5) is 0 Å². The molecule has 1 unspecified atom stereocenters. The molecule has 0 radical (unpaired) electrons. The molecule has 36 heavy (non-hydrogen) atoms. The average Bonchev–Trinajstić information content (AvgIpc) is 3.54. The third kappa shape index (κ3) is 5.11. The molecule has 0 saturated carbocycles. The summed E-state index contributed by atoms with van der Waals surface area (Å²) >= 11 is 6.08. The lowest BCUT2D eigenvalue weighted by molar-refractivity contribution is -0.117. The summed E-state index contributed by atoms with van der Waals surface area (Å²) in [5.74, 6) is 0.453. The fraction of sp³-hybridized carbons (Fsp3) is 0.0714. The molecule has 0 bridgehead atoms. The van der Waals surface area contributed by atoms with Gasteiger partial charge in [0.2, 0.25) is 5.91 Å². The lowest BCUT2D eigenvalue weighted by atomic mass is 10.1. The largest absolute Gasteiger partial charge is 0.339 e. The second kappa shape index (κ2) is 10.4. The van der Waals surface area contributed by atoms with Gasteiger partial charge in [0, 0.05) is 60.3 Å². The minimum absolute atomic E-state index is 0.262. The predicted molar refractivity (Wildman–Crippen MR) is 140 cm³/mol. The number of imidazole rings is 1. The molecule has 1 N–H and O–H groups in total. The molecule has 1 atom stereocenters. The van der Waals surface area contributed by atoms with Gasteiger partial charge in [0.05, 0.1) is 5.69 Å². The molecule has 0 aliphatic heterocycles. The smallest absolute Gasteiger partial charge is 0.244 e. The highest BCUT2D eigenvalue weighted by atomic mass is 35.5. The first kappa shape index (κ1) is 23.3. The Hall–Kier alpha value is -4.49. The van der Waals surface area contributed by atoms with Crippen molar-refractivity contribution in [3.63, 3.8) is 0 Å². The van der Waals surface area contributed by atoms with Gasteiger partial charge in [-0.25, -0.2) is 9.67 Å². The van der Waals surface area contributed by atoms with Crippen LogP contribution in [0.25, 0.3) is 23.0 Å². The van der Waals surface area contributed by atoms with Gasteiger partial charge >= 0.3 is 0 Å². The van der Waals surface area contributed by atoms with Crippen molar-refractivity contribution >= 4 is 23.6 Å². The third-order valence-corrected chi connectivity index (χ3v) is 5.97.